The first-order chi connectivity index (χ1) is 9.40. The van der Waals surface area contributed by atoms with E-state index in [1.54, 1.807) is 12.3 Å². The van der Waals surface area contributed by atoms with Crippen molar-refractivity contribution in [3.05, 3.63) is 55.4 Å². The summed E-state index contributed by atoms with van der Waals surface area (Å²) >= 11 is 15.2. The van der Waals surface area contributed by atoms with Crippen molar-refractivity contribution in [2.24, 2.45) is 0 Å². The lowest BCUT2D eigenvalue weighted by atomic mass is 10.1. The molecule has 0 amide bonds. The number of ketones is 1. The second-order valence-electron chi connectivity index (χ2n) is 3.65. The van der Waals surface area contributed by atoms with Gasteiger partial charge in [-0.25, -0.2) is 4.98 Å². The van der Waals surface area contributed by atoms with E-state index in [-0.39, 0.29) is 22.2 Å². The van der Waals surface area contributed by atoms with E-state index in [9.17, 15) is 9.59 Å². The summed E-state index contributed by atoms with van der Waals surface area (Å²) < 4.78 is 0.659. The summed E-state index contributed by atoms with van der Waals surface area (Å²) in [6, 6.07) is 3.08. The molecule has 0 atom stereocenters. The van der Waals surface area contributed by atoms with Crippen LogP contribution >= 0.6 is 59.4 Å². The molecule has 0 saturated carbocycles. The van der Waals surface area contributed by atoms with E-state index in [4.69, 9.17) is 11.6 Å². The topological polar surface area (TPSA) is 59.9 Å². The summed E-state index contributed by atoms with van der Waals surface area (Å²) in [6.07, 6.45) is 3.00. The van der Waals surface area contributed by atoms with E-state index in [2.05, 4.69) is 57.8 Å². The fourth-order valence-corrected chi connectivity index (χ4v) is 2.94. The average molecular weight is 483 g/mol. The number of hydrogen-bond donors (Lipinski definition) is 0. The van der Waals surface area contributed by atoms with Gasteiger partial charge in [0.05, 0.1) is 5.56 Å². The third-order valence-electron chi connectivity index (χ3n) is 2.32. The molecule has 4 nitrogen and oxygen atoms in total. The highest BCUT2D eigenvalue weighted by Gasteiger charge is 2.19. The Morgan fingerprint density at radius 3 is 2.45 bits per heavy atom. The highest BCUT2D eigenvalue weighted by atomic mass is 79.9. The molecule has 8 heteroatoms. The van der Waals surface area contributed by atoms with Crippen molar-refractivity contribution in [1.29, 1.82) is 0 Å². The maximum Gasteiger partial charge on any atom is 0.231 e. The van der Waals surface area contributed by atoms with Crippen LogP contribution in [0.2, 0.25) is 5.15 Å². The van der Waals surface area contributed by atoms with Crippen LogP contribution in [0.1, 0.15) is 26.4 Å². The van der Waals surface area contributed by atoms with E-state index in [0.717, 1.165) is 0 Å². The molecule has 0 aliphatic heterocycles. The zero-order valence-corrected chi connectivity index (χ0v) is 15.0. The van der Waals surface area contributed by atoms with E-state index < -0.39 is 4.69 Å². The monoisotopic (exact) mass is 480 g/mol. The van der Waals surface area contributed by atoms with Crippen LogP contribution in [-0.2, 0) is 0 Å². The summed E-state index contributed by atoms with van der Waals surface area (Å²) in [5.74, 6) is -0.346. The molecule has 20 heavy (non-hydrogen) atoms. The van der Waals surface area contributed by atoms with Crippen molar-refractivity contribution >= 4 is 69.9 Å². The lowest BCUT2D eigenvalue weighted by molar-refractivity contribution is 0.103. The highest BCUT2D eigenvalue weighted by Crippen LogP contribution is 2.26. The van der Waals surface area contributed by atoms with Crippen LogP contribution in [0, 0.1) is 0 Å². The van der Waals surface area contributed by atoms with Crippen LogP contribution in [0.5, 0.6) is 0 Å². The minimum Gasteiger partial charge on any atom is -0.287 e. The molecule has 2 aromatic rings. The van der Waals surface area contributed by atoms with Crippen molar-refractivity contribution in [3.8, 4) is 0 Å². The van der Waals surface area contributed by atoms with Gasteiger partial charge in [-0.2, -0.15) is 0 Å². The smallest absolute Gasteiger partial charge is 0.231 e. The Morgan fingerprint density at radius 2 is 1.85 bits per heavy atom. The zero-order valence-electron chi connectivity index (χ0n) is 9.53. The van der Waals surface area contributed by atoms with Gasteiger partial charge in [0.15, 0.2) is 0 Å². The summed E-state index contributed by atoms with van der Waals surface area (Å²) in [4.78, 5) is 31.5. The van der Waals surface area contributed by atoms with Crippen molar-refractivity contribution in [2.45, 2.75) is 0 Å². The molecule has 2 heterocycles. The Kier molecular flexibility index (Phi) is 5.06. The Morgan fingerprint density at radius 1 is 1.15 bits per heavy atom. The summed E-state index contributed by atoms with van der Waals surface area (Å²) in [7, 11) is 0. The first kappa shape index (κ1) is 15.8. The zero-order chi connectivity index (χ0) is 14.9. The van der Waals surface area contributed by atoms with Gasteiger partial charge >= 0.3 is 0 Å². The lowest BCUT2D eigenvalue weighted by Gasteiger charge is -2.06. The number of pyridine rings is 2. The minimum atomic E-state index is -0.404. The number of hydrogen-bond acceptors (Lipinski definition) is 4. The molecule has 0 aliphatic rings. The van der Waals surface area contributed by atoms with Gasteiger partial charge in [0, 0.05) is 26.9 Å². The molecular formula is C12H4Br3ClN2O2. The molecular weight excluding hydrogens is 479 g/mol. The molecule has 2 rings (SSSR count). The van der Waals surface area contributed by atoms with Crippen LogP contribution in [0.4, 0.5) is 0 Å². The molecule has 0 fully saturated rings. The Bertz CT molecular complexity index is 722. The molecule has 2 aromatic heterocycles. The molecule has 0 aromatic carbocycles. The first-order valence-corrected chi connectivity index (χ1v) is 7.87. The predicted octanol–water partition coefficient (Wildman–Crippen LogP) is 4.42. The Balaban J connectivity index is 2.51. The van der Waals surface area contributed by atoms with Crippen LogP contribution in [-0.4, -0.2) is 20.4 Å². The summed E-state index contributed by atoms with van der Waals surface area (Å²) in [5.41, 5.74) is 0.663. The minimum absolute atomic E-state index is 0.0404. The quantitative estimate of drug-likeness (QED) is 0.369. The van der Waals surface area contributed by atoms with Gasteiger partial charge in [-0.3, -0.25) is 14.6 Å². The second kappa shape index (κ2) is 6.43. The van der Waals surface area contributed by atoms with Gasteiger partial charge in [-0.05, 0) is 59.9 Å². The van der Waals surface area contributed by atoms with Crippen molar-refractivity contribution in [1.82, 2.24) is 9.97 Å². The van der Waals surface area contributed by atoms with E-state index >= 15 is 0 Å². The van der Waals surface area contributed by atoms with Crippen molar-refractivity contribution in [2.75, 3.05) is 0 Å². The van der Waals surface area contributed by atoms with Crippen molar-refractivity contribution in [3.63, 3.8) is 0 Å². The van der Waals surface area contributed by atoms with E-state index in [1.807, 2.05) is 0 Å². The Labute approximate surface area is 144 Å². The van der Waals surface area contributed by atoms with E-state index in [1.165, 1.54) is 12.3 Å². The van der Waals surface area contributed by atoms with Crippen LogP contribution < -0.4 is 0 Å². The van der Waals surface area contributed by atoms with Crippen molar-refractivity contribution < 1.29 is 9.59 Å². The van der Waals surface area contributed by atoms with Gasteiger partial charge in [0.1, 0.15) is 10.8 Å². The number of carbonyl (C=O) groups excluding carboxylic acids is 2. The summed E-state index contributed by atoms with van der Waals surface area (Å²) in [5, 5.41) is -0.0404. The second-order valence-corrected chi connectivity index (χ2v) is 6.50. The maximum absolute atomic E-state index is 12.3. The lowest BCUT2D eigenvalue weighted by Crippen LogP contribution is -2.08. The number of nitrogens with zero attached hydrogens (tertiary/aromatic N) is 2. The number of rotatable bonds is 3. The molecule has 102 valence electrons. The molecule has 0 aliphatic carbocycles. The molecule has 0 spiro atoms. The SMILES string of the molecule is O=C(Br)c1cc(Br)c(C(=O)c2cncc(Br)c2)nc1Cl. The van der Waals surface area contributed by atoms with E-state index in [0.29, 0.717) is 14.5 Å². The standard InChI is InChI=1S/C12H4Br3ClN2O2/c13-6-1-5(3-17-4-6)10(19)9-8(14)2-7(11(15)20)12(16)18-9/h1-4H. The highest BCUT2D eigenvalue weighted by molar-refractivity contribution is 9.18. The number of carbonyl (C=O) groups is 2. The van der Waals surface area contributed by atoms with Gasteiger partial charge in [-0.1, -0.05) is 11.6 Å². The Hall–Kier alpha value is -0.630. The first-order valence-electron chi connectivity index (χ1n) is 5.11. The molecule has 0 unspecified atom stereocenters. The number of halogens is 4. The van der Waals surface area contributed by atoms with Crippen LogP contribution in [0.3, 0.4) is 0 Å². The van der Waals surface area contributed by atoms with Crippen LogP contribution in [0.25, 0.3) is 0 Å². The maximum atomic E-state index is 12.3. The largest absolute Gasteiger partial charge is 0.287 e. The van der Waals surface area contributed by atoms with Gasteiger partial charge in [0.2, 0.25) is 10.5 Å². The average Bonchev–Trinajstić information content (AvgIpc) is 2.40. The third-order valence-corrected chi connectivity index (χ3v) is 4.08. The fourth-order valence-electron chi connectivity index (χ4n) is 1.44. The van der Waals surface area contributed by atoms with Gasteiger partial charge < -0.3 is 0 Å². The molecule has 0 saturated heterocycles. The molecule has 0 radical (unpaired) electrons. The van der Waals surface area contributed by atoms with Gasteiger partial charge in [0.25, 0.3) is 0 Å². The third kappa shape index (κ3) is 3.33. The number of aromatic nitrogens is 2. The van der Waals surface area contributed by atoms with Gasteiger partial charge in [-0.15, -0.1) is 0 Å². The fraction of sp³-hybridized carbons (Fsp3) is 0. The predicted molar refractivity (Wildman–Crippen MR) is 85.6 cm³/mol. The normalized spacial score (nSPS) is 10.4. The molecule has 0 bridgehead atoms. The summed E-state index contributed by atoms with van der Waals surface area (Å²) in [6.45, 7) is 0. The van der Waals surface area contributed by atoms with Crippen LogP contribution in [0.15, 0.2) is 33.5 Å². The molecule has 0 N–H and O–H groups in total.